The van der Waals surface area contributed by atoms with E-state index in [0.717, 1.165) is 49.7 Å². The van der Waals surface area contributed by atoms with Crippen LogP contribution in [-0.4, -0.2) is 35.4 Å². The lowest BCUT2D eigenvalue weighted by Gasteiger charge is -2.32. The first-order chi connectivity index (χ1) is 14.2. The first-order valence-electron chi connectivity index (χ1n) is 10.9. The van der Waals surface area contributed by atoms with Gasteiger partial charge < -0.3 is 19.8 Å². The Kier molecular flexibility index (Phi) is 8.39. The number of nitrogens with zero attached hydrogens (tertiary/aromatic N) is 1. The number of phenolic OH excluding ortho intramolecular Hbond substituents is 2. The quantitative estimate of drug-likeness (QED) is 0.401. The molecular weight excluding hydrogens is 378 g/mol. The van der Waals surface area contributed by atoms with E-state index in [1.54, 1.807) is 13.1 Å². The zero-order valence-corrected chi connectivity index (χ0v) is 19.1. The van der Waals surface area contributed by atoms with Crippen LogP contribution in [0.4, 0.5) is 4.79 Å². The molecule has 2 unspecified atom stereocenters. The van der Waals surface area contributed by atoms with Crippen LogP contribution in [0, 0.1) is 5.92 Å². The fourth-order valence-corrected chi connectivity index (χ4v) is 4.42. The van der Waals surface area contributed by atoms with Crippen molar-refractivity contribution in [3.8, 4) is 11.5 Å². The number of unbranched alkanes of at least 4 members (excludes halogenated alkanes) is 2. The molecule has 0 bridgehead atoms. The fourth-order valence-electron chi connectivity index (χ4n) is 4.42. The van der Waals surface area contributed by atoms with Crippen LogP contribution in [0.15, 0.2) is 29.9 Å². The first-order valence-corrected chi connectivity index (χ1v) is 10.9. The SMILES string of the molecule is C=C(C)C1CCC(C)=CC1c1c(O)cc(CCCCC)c(CN(C)C(=O)OC)c1O. The molecule has 0 radical (unpaired) electrons. The third-order valence-electron chi connectivity index (χ3n) is 6.16. The number of carbonyl (C=O) groups excluding carboxylic acids is 1. The third kappa shape index (κ3) is 5.38. The highest BCUT2D eigenvalue weighted by Crippen LogP contribution is 2.48. The summed E-state index contributed by atoms with van der Waals surface area (Å²) in [6, 6.07) is 1.78. The summed E-state index contributed by atoms with van der Waals surface area (Å²) in [6.07, 6.45) is 7.46. The average Bonchev–Trinajstić information content (AvgIpc) is 2.69. The van der Waals surface area contributed by atoms with Crippen molar-refractivity contribution in [1.82, 2.24) is 4.90 Å². The molecule has 5 nitrogen and oxygen atoms in total. The lowest BCUT2D eigenvalue weighted by Crippen LogP contribution is -2.27. The molecule has 0 spiro atoms. The molecule has 0 saturated heterocycles. The van der Waals surface area contributed by atoms with Crippen LogP contribution in [0.5, 0.6) is 11.5 Å². The Morgan fingerprint density at radius 1 is 1.33 bits per heavy atom. The molecule has 1 aliphatic rings. The average molecular weight is 416 g/mol. The highest BCUT2D eigenvalue weighted by molar-refractivity contribution is 5.67. The Labute approximate surface area is 181 Å². The van der Waals surface area contributed by atoms with E-state index in [2.05, 4.69) is 26.5 Å². The van der Waals surface area contributed by atoms with E-state index in [0.29, 0.717) is 11.1 Å². The molecule has 0 heterocycles. The van der Waals surface area contributed by atoms with Gasteiger partial charge in [-0.2, -0.15) is 0 Å². The second-order valence-corrected chi connectivity index (χ2v) is 8.61. The van der Waals surface area contributed by atoms with Gasteiger partial charge in [-0.25, -0.2) is 4.79 Å². The maximum Gasteiger partial charge on any atom is 0.409 e. The Balaban J connectivity index is 2.58. The van der Waals surface area contributed by atoms with Crippen LogP contribution in [-0.2, 0) is 17.7 Å². The number of phenols is 2. The number of aromatic hydroxyl groups is 2. The minimum atomic E-state index is -0.461. The summed E-state index contributed by atoms with van der Waals surface area (Å²) in [5, 5.41) is 22.3. The monoisotopic (exact) mass is 415 g/mol. The molecule has 30 heavy (non-hydrogen) atoms. The molecule has 0 saturated carbocycles. The number of aryl methyl sites for hydroxylation is 1. The molecule has 1 amide bonds. The van der Waals surface area contributed by atoms with Crippen molar-refractivity contribution in [2.45, 2.75) is 71.8 Å². The number of carbonyl (C=O) groups is 1. The van der Waals surface area contributed by atoms with Crippen molar-refractivity contribution in [2.75, 3.05) is 14.2 Å². The van der Waals surface area contributed by atoms with E-state index < -0.39 is 6.09 Å². The number of hydrogen-bond acceptors (Lipinski definition) is 4. The molecule has 166 valence electrons. The van der Waals surface area contributed by atoms with Crippen LogP contribution >= 0.6 is 0 Å². The topological polar surface area (TPSA) is 70.0 Å². The molecule has 2 N–H and O–H groups in total. The summed E-state index contributed by atoms with van der Waals surface area (Å²) in [6.45, 7) is 10.6. The van der Waals surface area contributed by atoms with Crippen molar-refractivity contribution in [3.05, 3.63) is 46.6 Å². The normalized spacial score (nSPS) is 18.6. The molecule has 0 aliphatic heterocycles. The molecule has 1 aromatic carbocycles. The van der Waals surface area contributed by atoms with Gasteiger partial charge >= 0.3 is 6.09 Å². The van der Waals surface area contributed by atoms with Gasteiger partial charge in [-0.3, -0.25) is 0 Å². The number of methoxy groups -OCH3 is 1. The van der Waals surface area contributed by atoms with Crippen LogP contribution in [0.2, 0.25) is 0 Å². The molecule has 0 aromatic heterocycles. The minimum absolute atomic E-state index is 0.0828. The molecular formula is C25H37NO4. The second-order valence-electron chi connectivity index (χ2n) is 8.61. The van der Waals surface area contributed by atoms with E-state index in [1.165, 1.54) is 17.6 Å². The lowest BCUT2D eigenvalue weighted by atomic mass is 9.73. The van der Waals surface area contributed by atoms with Gasteiger partial charge in [-0.1, -0.05) is 43.6 Å². The lowest BCUT2D eigenvalue weighted by molar-refractivity contribution is 0.131. The highest BCUT2D eigenvalue weighted by Gasteiger charge is 2.32. The van der Waals surface area contributed by atoms with Crippen molar-refractivity contribution >= 4 is 6.09 Å². The molecule has 1 aliphatic carbocycles. The van der Waals surface area contributed by atoms with Gasteiger partial charge in [-0.05, 0) is 57.1 Å². The summed E-state index contributed by atoms with van der Waals surface area (Å²) in [5.74, 6) is 0.218. The van der Waals surface area contributed by atoms with Gasteiger partial charge in [-0.15, -0.1) is 0 Å². The standard InChI is InChI=1S/C25H37NO4/c1-7-8-9-10-18-14-22(27)23(20-13-17(4)11-12-19(20)16(2)3)24(28)21(18)15-26(5)25(29)30-6/h13-14,19-20,27-28H,2,7-12,15H2,1,3-6H3. The number of hydrogen-bond donors (Lipinski definition) is 2. The highest BCUT2D eigenvalue weighted by atomic mass is 16.5. The van der Waals surface area contributed by atoms with Crippen molar-refractivity contribution in [1.29, 1.82) is 0 Å². The van der Waals surface area contributed by atoms with Crippen LogP contribution < -0.4 is 0 Å². The predicted octanol–water partition coefficient (Wildman–Crippen LogP) is 6.04. The zero-order valence-electron chi connectivity index (χ0n) is 19.1. The Morgan fingerprint density at radius 3 is 2.63 bits per heavy atom. The zero-order chi connectivity index (χ0) is 22.4. The van der Waals surface area contributed by atoms with E-state index in [1.807, 2.05) is 6.92 Å². The van der Waals surface area contributed by atoms with E-state index >= 15 is 0 Å². The largest absolute Gasteiger partial charge is 0.507 e. The number of ether oxygens (including phenoxy) is 1. The van der Waals surface area contributed by atoms with Gasteiger partial charge in [0.25, 0.3) is 0 Å². The molecule has 2 rings (SSSR count). The van der Waals surface area contributed by atoms with Gasteiger partial charge in [0.2, 0.25) is 0 Å². The molecule has 0 fully saturated rings. The van der Waals surface area contributed by atoms with E-state index in [-0.39, 0.29) is 29.9 Å². The fraction of sp³-hybridized carbons (Fsp3) is 0.560. The van der Waals surface area contributed by atoms with Crippen LogP contribution in [0.1, 0.15) is 75.5 Å². The number of allylic oxidation sites excluding steroid dienone is 3. The Morgan fingerprint density at radius 2 is 2.03 bits per heavy atom. The van der Waals surface area contributed by atoms with Crippen molar-refractivity contribution < 1.29 is 19.7 Å². The van der Waals surface area contributed by atoms with E-state index in [9.17, 15) is 15.0 Å². The molecule has 5 heteroatoms. The maximum atomic E-state index is 12.0. The second kappa shape index (κ2) is 10.6. The summed E-state index contributed by atoms with van der Waals surface area (Å²) < 4.78 is 4.83. The maximum absolute atomic E-state index is 12.0. The number of amides is 1. The van der Waals surface area contributed by atoms with Gasteiger partial charge in [0.1, 0.15) is 11.5 Å². The minimum Gasteiger partial charge on any atom is -0.507 e. The van der Waals surface area contributed by atoms with Gasteiger partial charge in [0, 0.05) is 24.1 Å². The molecule has 1 aromatic rings. The Hall–Kier alpha value is -2.43. The van der Waals surface area contributed by atoms with Gasteiger partial charge in [0.15, 0.2) is 0 Å². The van der Waals surface area contributed by atoms with Crippen LogP contribution in [0.3, 0.4) is 0 Å². The Bertz CT molecular complexity index is 812. The van der Waals surface area contributed by atoms with Gasteiger partial charge in [0.05, 0.1) is 13.7 Å². The summed E-state index contributed by atoms with van der Waals surface area (Å²) >= 11 is 0. The number of rotatable bonds is 8. The van der Waals surface area contributed by atoms with E-state index in [4.69, 9.17) is 4.74 Å². The third-order valence-corrected chi connectivity index (χ3v) is 6.16. The number of benzene rings is 1. The summed E-state index contributed by atoms with van der Waals surface area (Å²) in [5.41, 5.74) is 4.39. The van der Waals surface area contributed by atoms with Crippen molar-refractivity contribution in [3.63, 3.8) is 0 Å². The summed E-state index contributed by atoms with van der Waals surface area (Å²) in [7, 11) is 2.99. The first kappa shape index (κ1) is 23.8. The van der Waals surface area contributed by atoms with Crippen molar-refractivity contribution in [2.24, 2.45) is 5.92 Å². The van der Waals surface area contributed by atoms with Crippen LogP contribution in [0.25, 0.3) is 0 Å². The summed E-state index contributed by atoms with van der Waals surface area (Å²) in [4.78, 5) is 13.4. The molecule has 2 atom stereocenters. The smallest absolute Gasteiger partial charge is 0.409 e. The predicted molar refractivity (Wildman–Crippen MR) is 121 cm³/mol.